The van der Waals surface area contributed by atoms with Crippen LogP contribution in [0.2, 0.25) is 0 Å². The maximum absolute atomic E-state index is 13.1. The maximum atomic E-state index is 13.1. The minimum atomic E-state index is -4.43. The standard InChI is InChI=1S/C18H18F3N3O/c19-18(20,21)14-9-25-15-6-3-11(7-13(14)15)16-22-17(24-23-16)8-10-1-4-12(17)5-2-10/h3,6-7,9-10,12,24H,1-2,4-5,8H2,(H,22,23)/t10?,12?,17-/m1/s1. The molecule has 4 nitrogen and oxygen atoms in total. The van der Waals surface area contributed by atoms with Crippen LogP contribution in [-0.4, -0.2) is 11.5 Å². The van der Waals surface area contributed by atoms with Crippen molar-refractivity contribution in [2.24, 2.45) is 16.8 Å². The number of hydrogen-bond acceptors (Lipinski definition) is 4. The van der Waals surface area contributed by atoms with E-state index in [1.165, 1.54) is 18.9 Å². The Morgan fingerprint density at radius 1 is 1.16 bits per heavy atom. The topological polar surface area (TPSA) is 49.6 Å². The normalized spacial score (nSPS) is 31.6. The molecule has 1 aromatic heterocycles. The zero-order chi connectivity index (χ0) is 17.2. The Morgan fingerprint density at radius 2 is 1.96 bits per heavy atom. The number of fused-ring (bicyclic) bond motifs is 3. The number of amidine groups is 1. The fraction of sp³-hybridized carbons (Fsp3) is 0.500. The average Bonchev–Trinajstić information content (AvgIpc) is 3.19. The molecule has 3 fully saturated rings. The summed E-state index contributed by atoms with van der Waals surface area (Å²) in [5.74, 6) is 1.80. The molecule has 2 heterocycles. The highest BCUT2D eigenvalue weighted by Gasteiger charge is 2.50. The lowest BCUT2D eigenvalue weighted by Crippen LogP contribution is -2.56. The number of alkyl halides is 3. The molecule has 1 aromatic carbocycles. The molecule has 4 aliphatic rings. The molecule has 1 aliphatic heterocycles. The first-order valence-corrected chi connectivity index (χ1v) is 8.66. The van der Waals surface area contributed by atoms with Gasteiger partial charge >= 0.3 is 6.18 Å². The molecule has 3 saturated carbocycles. The van der Waals surface area contributed by atoms with Gasteiger partial charge in [-0.05, 0) is 62.1 Å². The van der Waals surface area contributed by atoms with Crippen LogP contribution in [0.1, 0.15) is 43.2 Å². The summed E-state index contributed by atoms with van der Waals surface area (Å²) in [6, 6.07) is 4.83. The number of furan rings is 1. The molecular formula is C18H18F3N3O. The molecule has 132 valence electrons. The van der Waals surface area contributed by atoms with Crippen molar-refractivity contribution in [2.45, 2.75) is 43.9 Å². The number of benzene rings is 1. The first-order valence-electron chi connectivity index (χ1n) is 8.66. The van der Waals surface area contributed by atoms with E-state index in [1.807, 2.05) is 0 Å². The molecule has 0 amide bonds. The van der Waals surface area contributed by atoms with Crippen LogP contribution in [0.5, 0.6) is 0 Å². The van der Waals surface area contributed by atoms with Gasteiger partial charge in [0.1, 0.15) is 28.9 Å². The van der Waals surface area contributed by atoms with Gasteiger partial charge in [-0.2, -0.15) is 13.2 Å². The first kappa shape index (κ1) is 15.3. The monoisotopic (exact) mass is 349 g/mol. The van der Waals surface area contributed by atoms with E-state index in [-0.39, 0.29) is 16.6 Å². The largest absolute Gasteiger partial charge is 0.464 e. The van der Waals surface area contributed by atoms with Crippen LogP contribution < -0.4 is 10.9 Å². The quantitative estimate of drug-likeness (QED) is 0.811. The highest BCUT2D eigenvalue weighted by atomic mass is 19.4. The Balaban J connectivity index is 1.54. The Morgan fingerprint density at radius 3 is 2.64 bits per heavy atom. The zero-order valence-electron chi connectivity index (χ0n) is 13.5. The SMILES string of the molecule is FC(F)(F)c1coc2ccc(C3=N[C@]4(CC5CCC4CC5)NN3)cc12. The summed E-state index contributed by atoms with van der Waals surface area (Å²) in [4.78, 5) is 4.90. The first-order chi connectivity index (χ1) is 11.9. The third-order valence-electron chi connectivity index (χ3n) is 5.98. The van der Waals surface area contributed by atoms with Crippen LogP contribution >= 0.6 is 0 Å². The number of nitrogens with zero attached hydrogens (tertiary/aromatic N) is 1. The predicted molar refractivity (Wildman–Crippen MR) is 86.8 cm³/mol. The van der Waals surface area contributed by atoms with Crippen molar-refractivity contribution in [2.75, 3.05) is 0 Å². The van der Waals surface area contributed by atoms with Crippen molar-refractivity contribution in [3.63, 3.8) is 0 Å². The van der Waals surface area contributed by atoms with Crippen LogP contribution in [0, 0.1) is 11.8 Å². The smallest absolute Gasteiger partial charge is 0.420 e. The summed E-state index contributed by atoms with van der Waals surface area (Å²) in [6.07, 6.45) is 2.18. The average molecular weight is 349 g/mol. The van der Waals surface area contributed by atoms with E-state index in [1.54, 1.807) is 12.1 Å². The van der Waals surface area contributed by atoms with Crippen molar-refractivity contribution in [1.82, 2.24) is 10.9 Å². The molecule has 3 aliphatic carbocycles. The van der Waals surface area contributed by atoms with Gasteiger partial charge in [0.25, 0.3) is 0 Å². The van der Waals surface area contributed by atoms with E-state index in [9.17, 15) is 13.2 Å². The number of hydrazine groups is 1. The second-order valence-electron chi connectivity index (χ2n) is 7.41. The fourth-order valence-corrected chi connectivity index (χ4v) is 4.70. The van der Waals surface area contributed by atoms with E-state index >= 15 is 0 Å². The molecule has 2 N–H and O–H groups in total. The fourth-order valence-electron chi connectivity index (χ4n) is 4.70. The predicted octanol–water partition coefficient (Wildman–Crippen LogP) is 4.21. The number of aliphatic imine (C=N–C) groups is 1. The molecule has 2 bridgehead atoms. The second kappa shape index (κ2) is 5.00. The summed E-state index contributed by atoms with van der Waals surface area (Å²) in [7, 11) is 0. The van der Waals surface area contributed by atoms with Gasteiger partial charge in [0.2, 0.25) is 0 Å². The summed E-state index contributed by atoms with van der Waals surface area (Å²) < 4.78 is 44.4. The van der Waals surface area contributed by atoms with Crippen LogP contribution in [0.15, 0.2) is 33.9 Å². The molecule has 0 saturated heterocycles. The summed E-state index contributed by atoms with van der Waals surface area (Å²) in [5, 5.41) is 0.0700. The molecule has 0 unspecified atom stereocenters. The number of halogens is 3. The molecular weight excluding hydrogens is 331 g/mol. The van der Waals surface area contributed by atoms with E-state index in [0.29, 0.717) is 23.2 Å². The van der Waals surface area contributed by atoms with Gasteiger partial charge in [-0.3, -0.25) is 0 Å². The molecule has 2 aromatic rings. The highest BCUT2D eigenvalue weighted by Crippen LogP contribution is 2.49. The highest BCUT2D eigenvalue weighted by molar-refractivity contribution is 6.02. The lowest BCUT2D eigenvalue weighted by molar-refractivity contribution is -0.136. The summed E-state index contributed by atoms with van der Waals surface area (Å²) in [6.45, 7) is 0. The van der Waals surface area contributed by atoms with Gasteiger partial charge in [-0.1, -0.05) is 0 Å². The van der Waals surface area contributed by atoms with Crippen molar-refractivity contribution < 1.29 is 17.6 Å². The van der Waals surface area contributed by atoms with Crippen LogP contribution in [0.3, 0.4) is 0 Å². The van der Waals surface area contributed by atoms with Gasteiger partial charge in [-0.25, -0.2) is 10.4 Å². The minimum absolute atomic E-state index is 0.0700. The van der Waals surface area contributed by atoms with Gasteiger partial charge in [0.05, 0.1) is 0 Å². The van der Waals surface area contributed by atoms with E-state index in [4.69, 9.17) is 9.41 Å². The van der Waals surface area contributed by atoms with Crippen LogP contribution in [0.25, 0.3) is 11.0 Å². The van der Waals surface area contributed by atoms with Gasteiger partial charge < -0.3 is 9.84 Å². The van der Waals surface area contributed by atoms with Crippen LogP contribution in [-0.2, 0) is 6.18 Å². The van der Waals surface area contributed by atoms with Crippen molar-refractivity contribution >= 4 is 16.8 Å². The lowest BCUT2D eigenvalue weighted by Gasteiger charge is -2.47. The van der Waals surface area contributed by atoms with E-state index in [2.05, 4.69) is 10.9 Å². The summed E-state index contributed by atoms with van der Waals surface area (Å²) >= 11 is 0. The van der Waals surface area contributed by atoms with Gasteiger partial charge in [-0.15, -0.1) is 0 Å². The Labute approximate surface area is 142 Å². The van der Waals surface area contributed by atoms with E-state index in [0.717, 1.165) is 25.5 Å². The van der Waals surface area contributed by atoms with E-state index < -0.39 is 11.7 Å². The Bertz CT molecular complexity index is 864. The minimum Gasteiger partial charge on any atom is -0.464 e. The molecule has 25 heavy (non-hydrogen) atoms. The molecule has 7 heteroatoms. The third-order valence-corrected chi connectivity index (χ3v) is 5.98. The van der Waals surface area contributed by atoms with Crippen molar-refractivity contribution in [3.05, 3.63) is 35.6 Å². The maximum Gasteiger partial charge on any atom is 0.420 e. The molecule has 0 radical (unpaired) electrons. The number of rotatable bonds is 1. The number of nitrogens with one attached hydrogen (secondary N) is 2. The van der Waals surface area contributed by atoms with Crippen molar-refractivity contribution in [3.8, 4) is 0 Å². The Kier molecular flexibility index (Phi) is 3.05. The summed E-state index contributed by atoms with van der Waals surface area (Å²) in [5.41, 5.74) is 6.29. The van der Waals surface area contributed by atoms with Crippen molar-refractivity contribution in [1.29, 1.82) is 0 Å². The Hall–Kier alpha value is -2.02. The van der Waals surface area contributed by atoms with Crippen LogP contribution in [0.4, 0.5) is 13.2 Å². The molecule has 1 atom stereocenters. The number of hydrogen-bond donors (Lipinski definition) is 2. The molecule has 6 rings (SSSR count). The molecule has 1 spiro atoms. The zero-order valence-corrected chi connectivity index (χ0v) is 13.5. The lowest BCUT2D eigenvalue weighted by atomic mass is 9.65. The third kappa shape index (κ3) is 2.28. The van der Waals surface area contributed by atoms with Gasteiger partial charge in [0.15, 0.2) is 0 Å². The van der Waals surface area contributed by atoms with Gasteiger partial charge in [0, 0.05) is 10.9 Å². The second-order valence-corrected chi connectivity index (χ2v) is 7.41.